The molecule has 2 aromatic rings. The van der Waals surface area contributed by atoms with E-state index < -0.39 is 0 Å². The number of ketones is 1. The average Bonchev–Trinajstić information content (AvgIpc) is 3.01. The Kier molecular flexibility index (Phi) is 4.94. The Hall–Kier alpha value is -2.21. The second kappa shape index (κ2) is 7.13. The summed E-state index contributed by atoms with van der Waals surface area (Å²) in [4.78, 5) is 22.3. The van der Waals surface area contributed by atoms with Gasteiger partial charge in [-0.25, -0.2) is 4.98 Å². The number of aromatic nitrogens is 1. The fourth-order valence-electron chi connectivity index (χ4n) is 2.89. The topological polar surface area (TPSA) is 71.8 Å². The third-order valence-electron chi connectivity index (χ3n) is 4.03. The molecule has 0 aliphatic heterocycles. The molecule has 0 amide bonds. The van der Waals surface area contributed by atoms with Crippen molar-refractivity contribution in [3.8, 4) is 0 Å². The normalized spacial score (nSPS) is 19.2. The van der Waals surface area contributed by atoms with E-state index >= 15 is 0 Å². The number of carbonyl (C=O) groups is 1. The van der Waals surface area contributed by atoms with Gasteiger partial charge in [-0.2, -0.15) is 0 Å². The number of rotatable bonds is 5. The molecule has 5 nitrogen and oxygen atoms in total. The van der Waals surface area contributed by atoms with E-state index in [4.69, 9.17) is 4.84 Å². The van der Waals surface area contributed by atoms with Crippen LogP contribution in [0.3, 0.4) is 0 Å². The number of para-hydroxylation sites is 1. The molecule has 3 rings (SSSR count). The van der Waals surface area contributed by atoms with Gasteiger partial charge < -0.3 is 9.94 Å². The van der Waals surface area contributed by atoms with Crippen LogP contribution in [0.4, 0.5) is 0 Å². The van der Waals surface area contributed by atoms with Crippen molar-refractivity contribution in [1.29, 1.82) is 0 Å². The summed E-state index contributed by atoms with van der Waals surface area (Å²) < 4.78 is 1.10. The van der Waals surface area contributed by atoms with Crippen LogP contribution < -0.4 is 0 Å². The summed E-state index contributed by atoms with van der Waals surface area (Å²) in [5, 5.41) is 15.3. The fraction of sp³-hybridized carbons (Fsp3) is 0.389. The number of thiazole rings is 1. The van der Waals surface area contributed by atoms with E-state index in [1.807, 2.05) is 38.1 Å². The lowest BCUT2D eigenvalue weighted by Crippen LogP contribution is -2.23. The Morgan fingerprint density at radius 3 is 2.83 bits per heavy atom. The van der Waals surface area contributed by atoms with E-state index in [1.165, 1.54) is 0 Å². The minimum Gasteiger partial charge on any atom is -0.511 e. The van der Waals surface area contributed by atoms with Crippen LogP contribution in [0.25, 0.3) is 10.2 Å². The van der Waals surface area contributed by atoms with Crippen LogP contribution in [0, 0.1) is 0 Å². The number of Topliss-reactive ketones (excluding diaryl/α,β-unsaturated/α-hetero) is 1. The number of hydrogen-bond acceptors (Lipinski definition) is 6. The summed E-state index contributed by atoms with van der Waals surface area (Å²) in [5.41, 5.74) is 1.77. The van der Waals surface area contributed by atoms with Crippen molar-refractivity contribution in [2.75, 3.05) is 6.61 Å². The molecule has 1 atom stereocenters. The number of nitrogens with zero attached hydrogens (tertiary/aromatic N) is 2. The molecule has 0 bridgehead atoms. The molecular formula is C18H20N2O3S. The van der Waals surface area contributed by atoms with E-state index in [2.05, 4.69) is 10.1 Å². The molecule has 0 saturated carbocycles. The maximum atomic E-state index is 12.6. The molecule has 126 valence electrons. The second-order valence-corrected chi connectivity index (χ2v) is 6.74. The van der Waals surface area contributed by atoms with Gasteiger partial charge in [0.15, 0.2) is 5.78 Å². The highest BCUT2D eigenvalue weighted by Crippen LogP contribution is 2.37. The van der Waals surface area contributed by atoms with Crippen LogP contribution >= 0.6 is 11.3 Å². The number of carbonyl (C=O) groups excluding carboxylic acids is 1. The summed E-state index contributed by atoms with van der Waals surface area (Å²) in [6.07, 6.45) is 1.29. The van der Waals surface area contributed by atoms with Gasteiger partial charge in [0.1, 0.15) is 12.4 Å². The standard InChI is InChI=1S/C18H20N2O3S/c1-3-12(20-23-4-2)17-14(21)9-11(10-15(17)22)18-19-13-7-5-6-8-16(13)24-18/h5-8,11,21H,3-4,9-10H2,1-2H3. The molecule has 1 aromatic carbocycles. The summed E-state index contributed by atoms with van der Waals surface area (Å²) in [6, 6.07) is 7.91. The van der Waals surface area contributed by atoms with Crippen molar-refractivity contribution in [2.45, 2.75) is 39.0 Å². The number of aliphatic hydroxyl groups excluding tert-OH is 1. The van der Waals surface area contributed by atoms with Gasteiger partial charge in [-0.3, -0.25) is 4.79 Å². The van der Waals surface area contributed by atoms with Gasteiger partial charge in [0.05, 0.1) is 26.5 Å². The summed E-state index contributed by atoms with van der Waals surface area (Å²) >= 11 is 1.59. The van der Waals surface area contributed by atoms with Crippen molar-refractivity contribution in [1.82, 2.24) is 4.98 Å². The summed E-state index contributed by atoms with van der Waals surface area (Å²) in [6.45, 7) is 4.15. The van der Waals surface area contributed by atoms with E-state index in [1.54, 1.807) is 11.3 Å². The third-order valence-corrected chi connectivity index (χ3v) is 5.22. The number of allylic oxidation sites excluding steroid dienone is 2. The van der Waals surface area contributed by atoms with E-state index in [9.17, 15) is 9.90 Å². The Labute approximate surface area is 144 Å². The second-order valence-electron chi connectivity index (χ2n) is 5.68. The largest absolute Gasteiger partial charge is 0.511 e. The van der Waals surface area contributed by atoms with Crippen LogP contribution in [0.1, 0.15) is 44.0 Å². The maximum absolute atomic E-state index is 12.6. The Bertz CT molecular complexity index is 790. The Morgan fingerprint density at radius 1 is 1.38 bits per heavy atom. The predicted octanol–water partition coefficient (Wildman–Crippen LogP) is 4.36. The molecule has 1 aliphatic rings. The van der Waals surface area contributed by atoms with Crippen LogP contribution in [0.15, 0.2) is 40.8 Å². The van der Waals surface area contributed by atoms with Crippen LogP contribution in [0.2, 0.25) is 0 Å². The Balaban J connectivity index is 1.90. The lowest BCUT2D eigenvalue weighted by Gasteiger charge is -2.22. The third kappa shape index (κ3) is 3.19. The lowest BCUT2D eigenvalue weighted by molar-refractivity contribution is -0.116. The fourth-order valence-corrected chi connectivity index (χ4v) is 3.96. The molecule has 6 heteroatoms. The van der Waals surface area contributed by atoms with Crippen molar-refractivity contribution in [2.24, 2.45) is 5.16 Å². The van der Waals surface area contributed by atoms with Crippen molar-refractivity contribution < 1.29 is 14.7 Å². The first-order chi connectivity index (χ1) is 11.6. The van der Waals surface area contributed by atoms with Gasteiger partial charge in [-0.15, -0.1) is 11.3 Å². The van der Waals surface area contributed by atoms with Gasteiger partial charge >= 0.3 is 0 Å². The summed E-state index contributed by atoms with van der Waals surface area (Å²) in [5.74, 6) is -0.0806. The van der Waals surface area contributed by atoms with E-state index in [0.717, 1.165) is 15.2 Å². The highest BCUT2D eigenvalue weighted by Gasteiger charge is 2.32. The van der Waals surface area contributed by atoms with Gasteiger partial charge in [0, 0.05) is 18.8 Å². The predicted molar refractivity (Wildman–Crippen MR) is 95.6 cm³/mol. The first-order valence-corrected chi connectivity index (χ1v) is 8.95. The zero-order chi connectivity index (χ0) is 17.1. The number of hydrogen-bond donors (Lipinski definition) is 1. The number of aliphatic hydroxyl groups is 1. The van der Waals surface area contributed by atoms with E-state index in [0.29, 0.717) is 37.2 Å². The monoisotopic (exact) mass is 344 g/mol. The van der Waals surface area contributed by atoms with Gasteiger partial charge in [-0.05, 0) is 25.5 Å². The minimum absolute atomic E-state index is 0.0798. The van der Waals surface area contributed by atoms with Crippen molar-refractivity contribution >= 4 is 33.0 Å². The molecule has 0 radical (unpaired) electrons. The van der Waals surface area contributed by atoms with Gasteiger partial charge in [-0.1, -0.05) is 24.2 Å². The smallest absolute Gasteiger partial charge is 0.168 e. The van der Waals surface area contributed by atoms with Crippen LogP contribution in [0.5, 0.6) is 0 Å². The highest BCUT2D eigenvalue weighted by atomic mass is 32.1. The molecule has 1 aromatic heterocycles. The van der Waals surface area contributed by atoms with Crippen molar-refractivity contribution in [3.63, 3.8) is 0 Å². The molecular weight excluding hydrogens is 324 g/mol. The molecule has 0 saturated heterocycles. The minimum atomic E-state index is -0.0942. The highest BCUT2D eigenvalue weighted by molar-refractivity contribution is 7.18. The van der Waals surface area contributed by atoms with Gasteiger partial charge in [0.2, 0.25) is 0 Å². The number of fused-ring (bicyclic) bond motifs is 1. The van der Waals surface area contributed by atoms with E-state index in [-0.39, 0.29) is 17.5 Å². The maximum Gasteiger partial charge on any atom is 0.168 e. The molecule has 1 aliphatic carbocycles. The summed E-state index contributed by atoms with van der Waals surface area (Å²) in [7, 11) is 0. The van der Waals surface area contributed by atoms with Crippen molar-refractivity contribution in [3.05, 3.63) is 40.6 Å². The number of oxime groups is 1. The zero-order valence-corrected chi connectivity index (χ0v) is 14.6. The zero-order valence-electron chi connectivity index (χ0n) is 13.8. The quantitative estimate of drug-likeness (QED) is 0.646. The lowest BCUT2D eigenvalue weighted by atomic mass is 9.85. The molecule has 24 heavy (non-hydrogen) atoms. The van der Waals surface area contributed by atoms with Gasteiger partial charge in [0.25, 0.3) is 0 Å². The number of benzene rings is 1. The SMILES string of the molecule is CCON=C(CC)C1=C(O)CC(c2nc3ccccc3s2)CC1=O. The molecule has 1 unspecified atom stereocenters. The van der Waals surface area contributed by atoms with Crippen LogP contribution in [-0.2, 0) is 9.63 Å². The first-order valence-electron chi connectivity index (χ1n) is 8.14. The Morgan fingerprint density at radius 2 is 2.17 bits per heavy atom. The molecule has 0 spiro atoms. The average molecular weight is 344 g/mol. The van der Waals surface area contributed by atoms with Crippen LogP contribution in [-0.4, -0.2) is 28.2 Å². The molecule has 0 fully saturated rings. The molecule has 1 heterocycles. The molecule has 1 N–H and O–H groups in total. The first kappa shape index (κ1) is 16.6.